The Morgan fingerprint density at radius 3 is 2.03 bits per heavy atom. The largest absolute Gasteiger partial charge is 0.372 e. The summed E-state index contributed by atoms with van der Waals surface area (Å²) in [5, 5.41) is 2.89. The van der Waals surface area contributed by atoms with Gasteiger partial charge in [0, 0.05) is 37.3 Å². The molecule has 0 aromatic heterocycles. The van der Waals surface area contributed by atoms with Crippen LogP contribution in [0.2, 0.25) is 0 Å². The molecule has 2 atom stereocenters. The summed E-state index contributed by atoms with van der Waals surface area (Å²) in [4.78, 5) is 26.8. The number of hydrogen-bond acceptors (Lipinski definition) is 4. The van der Waals surface area contributed by atoms with Gasteiger partial charge >= 0.3 is 0 Å². The van der Waals surface area contributed by atoms with Crippen LogP contribution in [0.25, 0.3) is 0 Å². The second-order valence-electron chi connectivity index (χ2n) is 7.25. The second kappa shape index (κ2) is 10.4. The maximum absolute atomic E-state index is 12.7. The second-order valence-corrected chi connectivity index (χ2v) is 7.25. The van der Waals surface area contributed by atoms with Crippen LogP contribution >= 0.6 is 12.4 Å². The fourth-order valence-electron chi connectivity index (χ4n) is 3.37. The van der Waals surface area contributed by atoms with Gasteiger partial charge in [0.2, 0.25) is 0 Å². The number of halogens is 1. The minimum absolute atomic E-state index is 0. The molecule has 0 spiro atoms. The van der Waals surface area contributed by atoms with Crippen molar-refractivity contribution >= 4 is 24.2 Å². The van der Waals surface area contributed by atoms with Gasteiger partial charge in [0.25, 0.3) is 11.8 Å². The Hall–Kier alpha value is -2.41. The van der Waals surface area contributed by atoms with E-state index in [9.17, 15) is 9.59 Å². The average Bonchev–Trinajstić information content (AvgIpc) is 2.71. The third kappa shape index (κ3) is 6.03. The van der Waals surface area contributed by atoms with Crippen LogP contribution in [-0.4, -0.2) is 42.0 Å². The molecule has 1 aliphatic rings. The summed E-state index contributed by atoms with van der Waals surface area (Å²) < 4.78 is 5.68. The maximum atomic E-state index is 12.7. The van der Waals surface area contributed by atoms with Crippen molar-refractivity contribution in [3.8, 4) is 0 Å². The lowest BCUT2D eigenvalue weighted by Gasteiger charge is -2.35. The highest BCUT2D eigenvalue weighted by Crippen LogP contribution is 2.15. The van der Waals surface area contributed by atoms with Crippen molar-refractivity contribution in [1.82, 2.24) is 10.2 Å². The number of nitrogens with zero attached hydrogens (tertiary/aromatic N) is 1. The van der Waals surface area contributed by atoms with E-state index in [0.717, 1.165) is 11.1 Å². The number of ether oxygens (including phenoxy) is 1. The summed E-state index contributed by atoms with van der Waals surface area (Å²) in [6.07, 6.45) is 0.0854. The van der Waals surface area contributed by atoms with E-state index in [2.05, 4.69) is 5.32 Å². The van der Waals surface area contributed by atoms with E-state index in [-0.39, 0.29) is 36.4 Å². The van der Waals surface area contributed by atoms with E-state index in [4.69, 9.17) is 10.5 Å². The lowest BCUT2D eigenvalue weighted by molar-refractivity contribution is -0.0586. The summed E-state index contributed by atoms with van der Waals surface area (Å²) in [6.45, 7) is 6.01. The number of amides is 2. The van der Waals surface area contributed by atoms with Gasteiger partial charge in [-0.25, -0.2) is 0 Å². The minimum atomic E-state index is -0.139. The molecular formula is C22H28ClN3O3. The summed E-state index contributed by atoms with van der Waals surface area (Å²) in [6, 6.07) is 14.6. The monoisotopic (exact) mass is 417 g/mol. The van der Waals surface area contributed by atoms with Crippen LogP contribution in [0.4, 0.5) is 0 Å². The number of nitrogens with two attached hydrogens (primary N) is 1. The number of benzene rings is 2. The molecule has 1 aliphatic heterocycles. The highest BCUT2D eigenvalue weighted by atomic mass is 35.5. The van der Waals surface area contributed by atoms with Crippen molar-refractivity contribution in [2.24, 2.45) is 5.73 Å². The van der Waals surface area contributed by atoms with E-state index >= 15 is 0 Å². The van der Waals surface area contributed by atoms with Gasteiger partial charge in [-0.1, -0.05) is 24.3 Å². The summed E-state index contributed by atoms with van der Waals surface area (Å²) in [7, 11) is 0. The lowest BCUT2D eigenvalue weighted by atomic mass is 10.1. The van der Waals surface area contributed by atoms with Crippen LogP contribution < -0.4 is 11.1 Å². The van der Waals surface area contributed by atoms with Gasteiger partial charge in [-0.05, 0) is 49.2 Å². The third-order valence-corrected chi connectivity index (χ3v) is 4.81. The smallest absolute Gasteiger partial charge is 0.254 e. The van der Waals surface area contributed by atoms with Crippen LogP contribution in [0.15, 0.2) is 48.5 Å². The first-order valence-corrected chi connectivity index (χ1v) is 9.57. The topological polar surface area (TPSA) is 84.7 Å². The molecule has 2 aromatic rings. The van der Waals surface area contributed by atoms with E-state index in [1.165, 1.54) is 0 Å². The molecule has 0 radical (unpaired) electrons. The Balaban J connectivity index is 0.00000300. The molecule has 2 amide bonds. The van der Waals surface area contributed by atoms with E-state index < -0.39 is 0 Å². The first kappa shape index (κ1) is 22.9. The molecular weight excluding hydrogens is 390 g/mol. The van der Waals surface area contributed by atoms with E-state index in [1.54, 1.807) is 12.1 Å². The zero-order valence-corrected chi connectivity index (χ0v) is 17.6. The molecule has 2 unspecified atom stereocenters. The van der Waals surface area contributed by atoms with Gasteiger partial charge in [-0.15, -0.1) is 12.4 Å². The molecule has 3 N–H and O–H groups in total. The normalized spacial score (nSPS) is 18.7. The van der Waals surface area contributed by atoms with Crippen LogP contribution in [0.1, 0.15) is 45.7 Å². The van der Waals surface area contributed by atoms with Crippen molar-refractivity contribution in [3.63, 3.8) is 0 Å². The van der Waals surface area contributed by atoms with Crippen LogP contribution in [-0.2, 0) is 17.8 Å². The van der Waals surface area contributed by atoms with Crippen molar-refractivity contribution in [3.05, 3.63) is 70.8 Å². The standard InChI is InChI=1S/C22H27N3O3.ClH/c1-15-13-25(14-16(2)28-15)22(27)20-9-5-18(6-10-20)12-24-21(26)19-7-3-17(11-23)4-8-19;/h3-10,15-16H,11-14,23H2,1-2H3,(H,24,26);1H. The number of carbonyl (C=O) groups is 2. The summed E-state index contributed by atoms with van der Waals surface area (Å²) in [5.74, 6) is -0.127. The van der Waals surface area contributed by atoms with Gasteiger partial charge in [0.1, 0.15) is 0 Å². The molecule has 29 heavy (non-hydrogen) atoms. The van der Waals surface area contributed by atoms with Crippen molar-refractivity contribution in [2.45, 2.75) is 39.1 Å². The average molecular weight is 418 g/mol. The number of carbonyl (C=O) groups excluding carboxylic acids is 2. The molecule has 1 heterocycles. The molecule has 156 valence electrons. The Labute approximate surface area is 177 Å². The fourth-order valence-corrected chi connectivity index (χ4v) is 3.37. The van der Waals surface area contributed by atoms with E-state index in [1.807, 2.05) is 55.1 Å². The molecule has 7 heteroatoms. The quantitative estimate of drug-likeness (QED) is 0.783. The van der Waals surface area contributed by atoms with Crippen molar-refractivity contribution < 1.29 is 14.3 Å². The first-order valence-electron chi connectivity index (χ1n) is 9.57. The Morgan fingerprint density at radius 2 is 1.48 bits per heavy atom. The number of morpholine rings is 1. The fraction of sp³-hybridized carbons (Fsp3) is 0.364. The third-order valence-electron chi connectivity index (χ3n) is 4.81. The van der Waals surface area contributed by atoms with Gasteiger partial charge in [-0.2, -0.15) is 0 Å². The summed E-state index contributed by atoms with van der Waals surface area (Å²) >= 11 is 0. The predicted octanol–water partition coefficient (Wildman–Crippen LogP) is 2.75. The Kier molecular flexibility index (Phi) is 8.20. The molecule has 3 rings (SSSR count). The maximum Gasteiger partial charge on any atom is 0.254 e. The van der Waals surface area contributed by atoms with Gasteiger partial charge < -0.3 is 20.7 Å². The molecule has 1 saturated heterocycles. The molecule has 0 aliphatic carbocycles. The number of nitrogens with one attached hydrogen (secondary N) is 1. The minimum Gasteiger partial charge on any atom is -0.372 e. The Bertz CT molecular complexity index is 814. The number of hydrogen-bond donors (Lipinski definition) is 2. The first-order chi connectivity index (χ1) is 13.5. The molecule has 6 nitrogen and oxygen atoms in total. The highest BCUT2D eigenvalue weighted by molar-refractivity contribution is 5.95. The van der Waals surface area contributed by atoms with Crippen LogP contribution in [0.3, 0.4) is 0 Å². The van der Waals surface area contributed by atoms with Crippen LogP contribution in [0.5, 0.6) is 0 Å². The molecule has 1 fully saturated rings. The zero-order valence-electron chi connectivity index (χ0n) is 16.8. The zero-order chi connectivity index (χ0) is 20.1. The van der Waals surface area contributed by atoms with E-state index in [0.29, 0.717) is 37.3 Å². The van der Waals surface area contributed by atoms with Gasteiger partial charge in [0.05, 0.1) is 12.2 Å². The highest BCUT2D eigenvalue weighted by Gasteiger charge is 2.26. The molecule has 2 aromatic carbocycles. The SMILES string of the molecule is CC1CN(C(=O)c2ccc(CNC(=O)c3ccc(CN)cc3)cc2)CC(C)O1.Cl. The van der Waals surface area contributed by atoms with Crippen molar-refractivity contribution in [1.29, 1.82) is 0 Å². The van der Waals surface area contributed by atoms with Crippen molar-refractivity contribution in [2.75, 3.05) is 13.1 Å². The predicted molar refractivity (Wildman–Crippen MR) is 115 cm³/mol. The Morgan fingerprint density at radius 1 is 0.966 bits per heavy atom. The molecule has 0 bridgehead atoms. The van der Waals surface area contributed by atoms with Gasteiger partial charge in [-0.3, -0.25) is 9.59 Å². The molecule has 0 saturated carbocycles. The van der Waals surface area contributed by atoms with Crippen LogP contribution in [0, 0.1) is 0 Å². The lowest BCUT2D eigenvalue weighted by Crippen LogP contribution is -2.48. The summed E-state index contributed by atoms with van der Waals surface area (Å²) in [5.41, 5.74) is 8.74. The number of rotatable bonds is 5. The van der Waals surface area contributed by atoms with Gasteiger partial charge in [0.15, 0.2) is 0 Å².